The summed E-state index contributed by atoms with van der Waals surface area (Å²) in [5.41, 5.74) is 0. The minimum absolute atomic E-state index is 0.258. The Bertz CT molecular complexity index is 931. The maximum atomic E-state index is 13.0. The minimum atomic E-state index is -1.61. The zero-order chi connectivity index (χ0) is 43.9. The van der Waals surface area contributed by atoms with E-state index < -0.39 is 55.6 Å². The first-order valence-electron chi connectivity index (χ1n) is 25.5. The van der Waals surface area contributed by atoms with Crippen LogP contribution in [0.15, 0.2) is 0 Å². The van der Waals surface area contributed by atoms with Gasteiger partial charge in [-0.3, -0.25) is 4.79 Å². The van der Waals surface area contributed by atoms with Crippen molar-refractivity contribution in [2.24, 2.45) is 0 Å². The minimum Gasteiger partial charge on any atom is -0.394 e. The second kappa shape index (κ2) is 40.9. The van der Waals surface area contributed by atoms with Gasteiger partial charge in [0.15, 0.2) is 6.29 Å². The van der Waals surface area contributed by atoms with Gasteiger partial charge in [-0.25, -0.2) is 0 Å². The van der Waals surface area contributed by atoms with Gasteiger partial charge in [0.05, 0.1) is 25.4 Å². The fraction of sp³-hybridized carbons (Fsp3) is 0.980. The Kier molecular flexibility index (Phi) is 38.9. The molecule has 3 unspecified atom stereocenters. The molecular weight excluding hydrogens is 761 g/mol. The van der Waals surface area contributed by atoms with E-state index in [2.05, 4.69) is 24.5 Å². The highest BCUT2D eigenvalue weighted by atomic mass is 16.7. The number of amides is 1. The summed E-state index contributed by atoms with van der Waals surface area (Å²) in [6.45, 7) is 5.88. The first-order chi connectivity index (χ1) is 29.3. The second-order valence-corrected chi connectivity index (χ2v) is 18.2. The average molecular weight is 859 g/mol. The van der Waals surface area contributed by atoms with Crippen LogP contribution in [0.1, 0.15) is 232 Å². The van der Waals surface area contributed by atoms with Crippen molar-refractivity contribution in [2.45, 2.75) is 281 Å². The topological polar surface area (TPSA) is 181 Å². The molecule has 1 saturated heterocycles. The van der Waals surface area contributed by atoms with Gasteiger partial charge in [-0.05, 0) is 38.8 Å². The summed E-state index contributed by atoms with van der Waals surface area (Å²) in [4.78, 5) is 13.0. The van der Waals surface area contributed by atoms with Crippen LogP contribution in [0.4, 0.5) is 0 Å². The van der Waals surface area contributed by atoms with Crippen LogP contribution in [0.3, 0.4) is 0 Å². The van der Waals surface area contributed by atoms with Crippen molar-refractivity contribution in [1.29, 1.82) is 0 Å². The number of aliphatic hydroxyl groups excluding tert-OH is 6. The van der Waals surface area contributed by atoms with Gasteiger partial charge >= 0.3 is 0 Å². The van der Waals surface area contributed by atoms with Crippen molar-refractivity contribution in [2.75, 3.05) is 26.3 Å². The number of rotatable bonds is 44. The second-order valence-electron chi connectivity index (χ2n) is 18.2. The van der Waals surface area contributed by atoms with Gasteiger partial charge in [0.25, 0.3) is 0 Å². The molecule has 1 amide bonds. The molecular formula is C49H98N2O9. The number of aliphatic hydroxyl groups is 6. The highest BCUT2D eigenvalue weighted by Crippen LogP contribution is 2.23. The van der Waals surface area contributed by atoms with E-state index in [0.29, 0.717) is 12.8 Å². The Morgan fingerprint density at radius 3 is 1.38 bits per heavy atom. The van der Waals surface area contributed by atoms with E-state index in [1.165, 1.54) is 154 Å². The Balaban J connectivity index is 2.26. The molecule has 1 aliphatic heterocycles. The van der Waals surface area contributed by atoms with E-state index >= 15 is 0 Å². The summed E-state index contributed by atoms with van der Waals surface area (Å²) in [5.74, 6) is -0.258. The van der Waals surface area contributed by atoms with Gasteiger partial charge in [0, 0.05) is 6.42 Å². The third kappa shape index (κ3) is 30.2. The van der Waals surface area contributed by atoms with Crippen molar-refractivity contribution in [3.63, 3.8) is 0 Å². The van der Waals surface area contributed by atoms with Crippen molar-refractivity contribution < 1.29 is 44.9 Å². The summed E-state index contributed by atoms with van der Waals surface area (Å²) < 4.78 is 11.2. The fourth-order valence-corrected chi connectivity index (χ4v) is 8.35. The molecule has 1 aliphatic rings. The van der Waals surface area contributed by atoms with Crippen LogP contribution in [0.25, 0.3) is 0 Å². The van der Waals surface area contributed by atoms with Gasteiger partial charge in [-0.2, -0.15) is 0 Å². The molecule has 0 spiro atoms. The van der Waals surface area contributed by atoms with Gasteiger partial charge < -0.3 is 50.7 Å². The summed E-state index contributed by atoms with van der Waals surface area (Å²) in [7, 11) is 0. The van der Waals surface area contributed by atoms with Gasteiger partial charge in [-0.15, -0.1) is 0 Å². The first kappa shape index (κ1) is 57.1. The number of hydrogen-bond acceptors (Lipinski definition) is 10. The van der Waals surface area contributed by atoms with Crippen LogP contribution in [0, 0.1) is 0 Å². The first-order valence-corrected chi connectivity index (χ1v) is 25.5. The SMILES string of the molecule is CCCCCCCCCCCCCCC(O)C(O)C(CO[C@H]1O[C@H](CO)[C@H](O)[C@H](O)[C@H]1O)NC(=O)CCCCCCCCCCCNCCCCCCCCCCCCC. The van der Waals surface area contributed by atoms with Crippen LogP contribution in [-0.4, -0.2) is 112 Å². The molecule has 0 radical (unpaired) electrons. The number of carbonyl (C=O) groups excluding carboxylic acids is 1. The number of hydrogen-bond donors (Lipinski definition) is 8. The lowest BCUT2D eigenvalue weighted by Crippen LogP contribution is -2.60. The third-order valence-electron chi connectivity index (χ3n) is 12.5. The summed E-state index contributed by atoms with van der Waals surface area (Å²) in [6.07, 6.45) is 30.6. The van der Waals surface area contributed by atoms with Crippen LogP contribution < -0.4 is 10.6 Å². The quantitative estimate of drug-likeness (QED) is 0.0276. The normalized spacial score (nSPS) is 21.0. The van der Waals surface area contributed by atoms with Crippen LogP contribution in [-0.2, 0) is 14.3 Å². The fourth-order valence-electron chi connectivity index (χ4n) is 8.35. The molecule has 0 aromatic carbocycles. The van der Waals surface area contributed by atoms with Crippen molar-refractivity contribution in [3.8, 4) is 0 Å². The molecule has 0 bridgehead atoms. The van der Waals surface area contributed by atoms with Gasteiger partial charge in [0.2, 0.25) is 5.91 Å². The van der Waals surface area contributed by atoms with Crippen LogP contribution >= 0.6 is 0 Å². The maximum Gasteiger partial charge on any atom is 0.220 e. The van der Waals surface area contributed by atoms with Crippen molar-refractivity contribution in [3.05, 3.63) is 0 Å². The molecule has 8 N–H and O–H groups in total. The lowest BCUT2D eigenvalue weighted by molar-refractivity contribution is -0.303. The Labute approximate surface area is 368 Å². The number of carbonyl (C=O) groups is 1. The Hall–Kier alpha value is -0.890. The zero-order valence-electron chi connectivity index (χ0n) is 38.9. The number of unbranched alkanes of at least 4 members (excludes halogenated alkanes) is 29. The van der Waals surface area contributed by atoms with E-state index in [4.69, 9.17) is 9.47 Å². The third-order valence-corrected chi connectivity index (χ3v) is 12.5. The monoisotopic (exact) mass is 859 g/mol. The number of nitrogens with one attached hydrogen (secondary N) is 2. The predicted octanol–water partition coefficient (Wildman–Crippen LogP) is 8.90. The highest BCUT2D eigenvalue weighted by Gasteiger charge is 2.44. The van der Waals surface area contributed by atoms with E-state index in [9.17, 15) is 35.4 Å². The molecule has 0 aromatic heterocycles. The summed E-state index contributed by atoms with van der Waals surface area (Å²) in [6, 6.07) is -0.989. The maximum absolute atomic E-state index is 13.0. The molecule has 1 heterocycles. The number of ether oxygens (including phenoxy) is 2. The zero-order valence-corrected chi connectivity index (χ0v) is 38.9. The van der Waals surface area contributed by atoms with E-state index in [1.807, 2.05) is 0 Å². The molecule has 358 valence electrons. The predicted molar refractivity (Wildman–Crippen MR) is 245 cm³/mol. The van der Waals surface area contributed by atoms with E-state index in [-0.39, 0.29) is 18.9 Å². The van der Waals surface area contributed by atoms with E-state index in [0.717, 1.165) is 58.0 Å². The highest BCUT2D eigenvalue weighted by molar-refractivity contribution is 5.76. The van der Waals surface area contributed by atoms with Crippen molar-refractivity contribution >= 4 is 5.91 Å². The molecule has 8 atom stereocenters. The molecule has 0 aliphatic carbocycles. The Morgan fingerprint density at radius 2 is 0.950 bits per heavy atom. The van der Waals surface area contributed by atoms with Gasteiger partial charge in [-0.1, -0.05) is 200 Å². The van der Waals surface area contributed by atoms with Crippen LogP contribution in [0.2, 0.25) is 0 Å². The standard InChI is InChI=1S/C49H98N2O9/c1-3-5-7-9-11-13-15-16-19-23-27-31-35-42(53)45(55)41(40-59-49-48(58)47(57)46(56)43(39-52)60-49)51-44(54)36-32-28-24-20-18-22-26-30-34-38-50-37-33-29-25-21-17-14-12-10-8-6-4-2/h41-43,45-50,52-53,55-58H,3-40H2,1-2H3,(H,51,54)/t41?,42?,43-,45?,46+,47+,48-,49+/m1/s1. The Morgan fingerprint density at radius 1 is 0.550 bits per heavy atom. The van der Waals surface area contributed by atoms with E-state index in [1.54, 1.807) is 0 Å². The molecule has 0 saturated carbocycles. The smallest absolute Gasteiger partial charge is 0.220 e. The molecule has 1 fully saturated rings. The average Bonchev–Trinajstić information content (AvgIpc) is 3.25. The van der Waals surface area contributed by atoms with Crippen molar-refractivity contribution in [1.82, 2.24) is 10.6 Å². The van der Waals surface area contributed by atoms with Gasteiger partial charge in [0.1, 0.15) is 30.5 Å². The molecule has 11 nitrogen and oxygen atoms in total. The largest absolute Gasteiger partial charge is 0.394 e. The molecule has 0 aromatic rings. The lowest BCUT2D eigenvalue weighted by Gasteiger charge is -2.40. The molecule has 1 rings (SSSR count). The molecule has 60 heavy (non-hydrogen) atoms. The summed E-state index contributed by atoms with van der Waals surface area (Å²) in [5, 5.41) is 68.9. The summed E-state index contributed by atoms with van der Waals surface area (Å²) >= 11 is 0. The lowest BCUT2D eigenvalue weighted by atomic mass is 9.98. The van der Waals surface area contributed by atoms with Crippen LogP contribution in [0.5, 0.6) is 0 Å². The molecule has 11 heteroatoms.